The number of benzene rings is 1. The van der Waals surface area contributed by atoms with E-state index in [0.29, 0.717) is 34.5 Å². The summed E-state index contributed by atoms with van der Waals surface area (Å²) in [6, 6.07) is 7.32. The van der Waals surface area contributed by atoms with Gasteiger partial charge in [-0.25, -0.2) is 0 Å². The number of methoxy groups -OCH3 is 3. The van der Waals surface area contributed by atoms with Crippen molar-refractivity contribution in [3.05, 3.63) is 47.2 Å². The van der Waals surface area contributed by atoms with Crippen molar-refractivity contribution in [2.45, 2.75) is 6.54 Å². The fourth-order valence-electron chi connectivity index (χ4n) is 2.48. The van der Waals surface area contributed by atoms with Crippen LogP contribution >= 0.6 is 11.3 Å². The monoisotopic (exact) mass is 401 g/mol. The summed E-state index contributed by atoms with van der Waals surface area (Å²) < 4.78 is 21.1. The first kappa shape index (κ1) is 19.4. The van der Waals surface area contributed by atoms with Crippen LogP contribution in [0.15, 0.2) is 40.2 Å². The van der Waals surface area contributed by atoms with Crippen molar-refractivity contribution in [1.29, 1.82) is 0 Å². The molecule has 2 heterocycles. The zero-order valence-corrected chi connectivity index (χ0v) is 16.4. The van der Waals surface area contributed by atoms with Crippen molar-refractivity contribution in [2.75, 3.05) is 21.3 Å². The highest BCUT2D eigenvalue weighted by Crippen LogP contribution is 2.40. The van der Waals surface area contributed by atoms with E-state index in [1.165, 1.54) is 31.6 Å². The molecule has 1 N–H and O–H groups in total. The lowest BCUT2D eigenvalue weighted by molar-refractivity contribution is -0.116. The third kappa shape index (κ3) is 4.32. The van der Waals surface area contributed by atoms with Gasteiger partial charge in [-0.1, -0.05) is 11.2 Å². The van der Waals surface area contributed by atoms with Gasteiger partial charge in [0.05, 0.1) is 32.8 Å². The molecular formula is C19H19N3O5S. The zero-order chi connectivity index (χ0) is 19.9. The van der Waals surface area contributed by atoms with Crippen LogP contribution in [0.2, 0.25) is 0 Å². The van der Waals surface area contributed by atoms with Gasteiger partial charge in [-0.3, -0.25) is 4.79 Å². The number of ether oxygens (including phenoxy) is 3. The van der Waals surface area contributed by atoms with Gasteiger partial charge in [0.2, 0.25) is 23.4 Å². The number of carbonyl (C=O) groups excluding carboxylic acids is 1. The summed E-state index contributed by atoms with van der Waals surface area (Å²) in [7, 11) is 4.59. The number of aromatic nitrogens is 2. The Labute approximate surface area is 165 Å². The largest absolute Gasteiger partial charge is 0.493 e. The van der Waals surface area contributed by atoms with Crippen molar-refractivity contribution in [2.24, 2.45) is 0 Å². The molecule has 0 saturated heterocycles. The van der Waals surface area contributed by atoms with Gasteiger partial charge in [-0.2, -0.15) is 4.98 Å². The second kappa shape index (κ2) is 9.05. The highest BCUT2D eigenvalue weighted by molar-refractivity contribution is 7.13. The van der Waals surface area contributed by atoms with Crippen molar-refractivity contribution < 1.29 is 23.5 Å². The number of nitrogens with zero attached hydrogens (tertiary/aromatic N) is 2. The lowest BCUT2D eigenvalue weighted by Crippen LogP contribution is -2.20. The maximum absolute atomic E-state index is 12.1. The van der Waals surface area contributed by atoms with Gasteiger partial charge in [-0.05, 0) is 29.7 Å². The van der Waals surface area contributed by atoms with E-state index in [2.05, 4.69) is 15.5 Å². The number of rotatable bonds is 8. The summed E-state index contributed by atoms with van der Waals surface area (Å²) in [6.45, 7) is 0.130. The molecule has 2 aromatic heterocycles. The molecule has 3 aromatic rings. The molecule has 8 nitrogen and oxygen atoms in total. The Hall–Kier alpha value is -3.33. The molecular weight excluding hydrogens is 382 g/mol. The van der Waals surface area contributed by atoms with E-state index in [1.807, 2.05) is 17.5 Å². The maximum atomic E-state index is 12.1. The van der Waals surface area contributed by atoms with Gasteiger partial charge in [0.25, 0.3) is 0 Å². The minimum Gasteiger partial charge on any atom is -0.493 e. The van der Waals surface area contributed by atoms with Crippen LogP contribution < -0.4 is 19.5 Å². The Morgan fingerprint density at radius 1 is 1.18 bits per heavy atom. The molecule has 9 heteroatoms. The van der Waals surface area contributed by atoms with E-state index in [4.69, 9.17) is 18.7 Å². The third-order valence-electron chi connectivity index (χ3n) is 3.77. The van der Waals surface area contributed by atoms with E-state index >= 15 is 0 Å². The van der Waals surface area contributed by atoms with E-state index in [1.54, 1.807) is 25.3 Å². The summed E-state index contributed by atoms with van der Waals surface area (Å²) >= 11 is 1.51. The number of amides is 1. The Morgan fingerprint density at radius 2 is 2.00 bits per heavy atom. The number of carbonyl (C=O) groups is 1. The van der Waals surface area contributed by atoms with E-state index in [0.717, 1.165) is 4.88 Å². The first-order valence-electron chi connectivity index (χ1n) is 8.27. The number of hydrogen-bond donors (Lipinski definition) is 1. The molecule has 0 unspecified atom stereocenters. The van der Waals surface area contributed by atoms with Crippen LogP contribution in [-0.4, -0.2) is 37.4 Å². The first-order chi connectivity index (χ1) is 13.7. The highest BCUT2D eigenvalue weighted by atomic mass is 32.1. The summed E-state index contributed by atoms with van der Waals surface area (Å²) in [5.74, 6) is 1.99. The van der Waals surface area contributed by atoms with E-state index < -0.39 is 0 Å². The van der Waals surface area contributed by atoms with Crippen molar-refractivity contribution in [1.82, 2.24) is 15.5 Å². The Kier molecular flexibility index (Phi) is 6.28. The van der Waals surface area contributed by atoms with Gasteiger partial charge in [0, 0.05) is 11.6 Å². The van der Waals surface area contributed by atoms with Crippen LogP contribution in [0.3, 0.4) is 0 Å². The molecule has 0 bridgehead atoms. The van der Waals surface area contributed by atoms with Gasteiger partial charge in [0.15, 0.2) is 11.5 Å². The second-order valence-corrected chi connectivity index (χ2v) is 6.41. The van der Waals surface area contributed by atoms with Crippen molar-refractivity contribution >= 4 is 23.3 Å². The SMILES string of the molecule is COc1ccc(/C=C/C(=O)NCc2nc(-c3cccs3)no2)c(OC)c1OC. The van der Waals surface area contributed by atoms with Crippen LogP contribution in [0.5, 0.6) is 17.2 Å². The lowest BCUT2D eigenvalue weighted by atomic mass is 10.1. The molecule has 1 aromatic carbocycles. The minimum absolute atomic E-state index is 0.130. The maximum Gasteiger partial charge on any atom is 0.246 e. The molecule has 0 saturated carbocycles. The molecule has 1 amide bonds. The Morgan fingerprint density at radius 3 is 2.68 bits per heavy atom. The predicted octanol–water partition coefficient (Wildman–Crippen LogP) is 3.15. The fourth-order valence-corrected chi connectivity index (χ4v) is 3.12. The summed E-state index contributed by atoms with van der Waals surface area (Å²) in [5.41, 5.74) is 0.674. The molecule has 0 radical (unpaired) electrons. The van der Waals surface area contributed by atoms with Crippen LogP contribution in [0.1, 0.15) is 11.5 Å². The molecule has 0 spiro atoms. The average molecular weight is 401 g/mol. The van der Waals surface area contributed by atoms with Gasteiger partial charge >= 0.3 is 0 Å². The van der Waals surface area contributed by atoms with Crippen LogP contribution in [-0.2, 0) is 11.3 Å². The van der Waals surface area contributed by atoms with Crippen LogP contribution in [0.25, 0.3) is 16.8 Å². The highest BCUT2D eigenvalue weighted by Gasteiger charge is 2.14. The van der Waals surface area contributed by atoms with Gasteiger partial charge in [0.1, 0.15) is 0 Å². The third-order valence-corrected chi connectivity index (χ3v) is 4.64. The Balaban J connectivity index is 1.64. The van der Waals surface area contributed by atoms with E-state index in [9.17, 15) is 4.79 Å². The zero-order valence-electron chi connectivity index (χ0n) is 15.6. The first-order valence-corrected chi connectivity index (χ1v) is 9.15. The Bertz CT molecular complexity index is 966. The topological polar surface area (TPSA) is 95.7 Å². The normalized spacial score (nSPS) is 10.8. The van der Waals surface area contributed by atoms with Gasteiger partial charge in [-0.15, -0.1) is 11.3 Å². The standard InChI is InChI=1S/C19H19N3O5S/c1-24-13-8-6-12(17(25-2)18(13)26-3)7-9-15(23)20-11-16-21-19(22-27-16)14-5-4-10-28-14/h4-10H,11H2,1-3H3,(H,20,23)/b9-7+. The summed E-state index contributed by atoms with van der Waals surface area (Å²) in [6.07, 6.45) is 3.02. The summed E-state index contributed by atoms with van der Waals surface area (Å²) in [5, 5.41) is 8.53. The minimum atomic E-state index is -0.312. The number of hydrogen-bond acceptors (Lipinski definition) is 8. The number of nitrogens with one attached hydrogen (secondary N) is 1. The number of thiophene rings is 1. The van der Waals surface area contributed by atoms with Crippen LogP contribution in [0.4, 0.5) is 0 Å². The molecule has 0 fully saturated rings. The molecule has 146 valence electrons. The average Bonchev–Trinajstić information content (AvgIpc) is 3.41. The van der Waals surface area contributed by atoms with Gasteiger partial charge < -0.3 is 24.1 Å². The molecule has 3 rings (SSSR count). The molecule has 0 aliphatic carbocycles. The molecule has 0 atom stereocenters. The molecule has 0 aliphatic heterocycles. The summed E-state index contributed by atoms with van der Waals surface area (Å²) in [4.78, 5) is 17.3. The van der Waals surface area contributed by atoms with E-state index in [-0.39, 0.29) is 12.5 Å². The van der Waals surface area contributed by atoms with Crippen LogP contribution in [0, 0.1) is 0 Å². The van der Waals surface area contributed by atoms with Crippen molar-refractivity contribution in [3.63, 3.8) is 0 Å². The second-order valence-electron chi connectivity index (χ2n) is 5.46. The lowest BCUT2D eigenvalue weighted by Gasteiger charge is -2.13. The fraction of sp³-hybridized carbons (Fsp3) is 0.211. The molecule has 0 aliphatic rings. The smallest absolute Gasteiger partial charge is 0.246 e. The molecule has 28 heavy (non-hydrogen) atoms. The van der Waals surface area contributed by atoms with Crippen molar-refractivity contribution in [3.8, 4) is 28.0 Å². The predicted molar refractivity (Wildman–Crippen MR) is 105 cm³/mol. The quantitative estimate of drug-likeness (QED) is 0.579.